The Balaban J connectivity index is 1.78. The molecule has 0 bridgehead atoms. The minimum Gasteiger partial charge on any atom is -0.476 e. The number of alkyl halides is 3. The van der Waals surface area contributed by atoms with E-state index in [1.165, 1.54) is 36.9 Å². The Bertz CT molecular complexity index is 1100. The van der Waals surface area contributed by atoms with Crippen LogP contribution < -0.4 is 20.3 Å². The van der Waals surface area contributed by atoms with Crippen LogP contribution in [0.15, 0.2) is 59.9 Å². The average molecular weight is 452 g/mol. The van der Waals surface area contributed by atoms with E-state index in [1.54, 1.807) is 0 Å². The maximum Gasteiger partial charge on any atom is 0.573 e. The third-order valence-corrected chi connectivity index (χ3v) is 4.13. The molecule has 0 aliphatic heterocycles. The van der Waals surface area contributed by atoms with Crippen molar-refractivity contribution in [2.45, 2.75) is 18.8 Å². The molecule has 0 aliphatic rings. The lowest BCUT2D eigenvalue weighted by Crippen LogP contribution is -2.30. The Labute approximate surface area is 178 Å². The van der Waals surface area contributed by atoms with E-state index in [4.69, 9.17) is 4.74 Å². The fraction of sp³-hybridized carbons (Fsp3) is 0.200. The van der Waals surface area contributed by atoms with Gasteiger partial charge in [-0.3, -0.25) is 14.6 Å². The van der Waals surface area contributed by atoms with E-state index in [1.807, 2.05) is 0 Å². The first-order chi connectivity index (χ1) is 15.2. The van der Waals surface area contributed by atoms with Gasteiger partial charge in [0.05, 0.1) is 24.4 Å². The molecular formula is C20H16F4N4O4. The summed E-state index contributed by atoms with van der Waals surface area (Å²) in [5.74, 6) is -2.62. The van der Waals surface area contributed by atoms with Crippen LogP contribution in [0.4, 0.5) is 17.6 Å². The van der Waals surface area contributed by atoms with Crippen molar-refractivity contribution < 1.29 is 31.8 Å². The Morgan fingerprint density at radius 1 is 1.19 bits per heavy atom. The van der Waals surface area contributed by atoms with Gasteiger partial charge >= 0.3 is 6.36 Å². The van der Waals surface area contributed by atoms with Crippen LogP contribution in [-0.4, -0.2) is 33.8 Å². The van der Waals surface area contributed by atoms with E-state index in [-0.39, 0.29) is 30.0 Å². The summed E-state index contributed by atoms with van der Waals surface area (Å²) in [6.45, 7) is 0.0255. The largest absolute Gasteiger partial charge is 0.573 e. The highest BCUT2D eigenvalue weighted by Gasteiger charge is 2.32. The first-order valence-corrected chi connectivity index (χ1v) is 9.15. The lowest BCUT2D eigenvalue weighted by atomic mass is 10.0. The molecule has 2 aromatic heterocycles. The van der Waals surface area contributed by atoms with Crippen LogP contribution >= 0.6 is 0 Å². The number of ether oxygens (including phenoxy) is 2. The van der Waals surface area contributed by atoms with Gasteiger partial charge in [-0.15, -0.1) is 13.2 Å². The monoisotopic (exact) mass is 452 g/mol. The molecule has 12 heteroatoms. The van der Waals surface area contributed by atoms with Crippen molar-refractivity contribution in [3.05, 3.63) is 82.4 Å². The molecule has 1 unspecified atom stereocenters. The number of carbonyl (C=O) groups is 1. The molecule has 1 atom stereocenters. The average Bonchev–Trinajstić information content (AvgIpc) is 2.75. The smallest absolute Gasteiger partial charge is 0.476 e. The molecule has 3 aromatic rings. The maximum atomic E-state index is 14.2. The van der Waals surface area contributed by atoms with Crippen LogP contribution in [0.2, 0.25) is 0 Å². The van der Waals surface area contributed by atoms with Crippen LogP contribution in [0.25, 0.3) is 0 Å². The Kier molecular flexibility index (Phi) is 7.03. The van der Waals surface area contributed by atoms with Crippen molar-refractivity contribution in [2.24, 2.45) is 0 Å². The molecule has 3 rings (SSSR count). The zero-order valence-electron chi connectivity index (χ0n) is 16.2. The molecule has 0 aliphatic carbocycles. The molecule has 2 heterocycles. The van der Waals surface area contributed by atoms with Crippen molar-refractivity contribution in [1.82, 2.24) is 20.3 Å². The molecule has 0 radical (unpaired) electrons. The van der Waals surface area contributed by atoms with E-state index in [0.717, 1.165) is 18.2 Å². The lowest BCUT2D eigenvalue weighted by molar-refractivity contribution is -0.275. The standard InChI is InChI=1S/C20H16F4N4O4/c21-14-9-12(1-3-16(14)32-20(22,23)24)15(5-8-31-18-11-25-6-7-26-18)28-19(30)13-2-4-17(29)27-10-13/h1-4,6-7,9-11,15H,5,8H2,(H,27,29)(H,28,30). The number of aromatic nitrogens is 3. The van der Waals surface area contributed by atoms with E-state index < -0.39 is 35.4 Å². The van der Waals surface area contributed by atoms with Crippen molar-refractivity contribution in [2.75, 3.05) is 6.61 Å². The van der Waals surface area contributed by atoms with Crippen LogP contribution in [0.3, 0.4) is 0 Å². The number of rotatable bonds is 8. The Morgan fingerprint density at radius 3 is 2.62 bits per heavy atom. The summed E-state index contributed by atoms with van der Waals surface area (Å²) in [6.07, 6.45) is 0.505. The fourth-order valence-corrected chi connectivity index (χ4v) is 2.70. The van der Waals surface area contributed by atoms with Gasteiger partial charge in [0.25, 0.3) is 5.91 Å². The maximum absolute atomic E-state index is 14.2. The SMILES string of the molecule is O=C(NC(CCOc1cnccn1)c1ccc(OC(F)(F)F)c(F)c1)c1ccc(=O)[nH]c1. The zero-order chi connectivity index (χ0) is 23.1. The first-order valence-electron chi connectivity index (χ1n) is 9.15. The summed E-state index contributed by atoms with van der Waals surface area (Å²) in [6, 6.07) is 4.46. The van der Waals surface area contributed by atoms with Gasteiger partial charge in [0.2, 0.25) is 11.4 Å². The summed E-state index contributed by atoms with van der Waals surface area (Å²) in [5, 5.41) is 2.64. The van der Waals surface area contributed by atoms with Crippen molar-refractivity contribution in [3.8, 4) is 11.6 Å². The summed E-state index contributed by atoms with van der Waals surface area (Å²) < 4.78 is 60.5. The van der Waals surface area contributed by atoms with E-state index in [0.29, 0.717) is 0 Å². The molecular weight excluding hydrogens is 436 g/mol. The quantitative estimate of drug-likeness (QED) is 0.509. The summed E-state index contributed by atoms with van der Waals surface area (Å²) in [7, 11) is 0. The molecule has 1 amide bonds. The Hall–Kier alpha value is -3.96. The van der Waals surface area contributed by atoms with Gasteiger partial charge in [0, 0.05) is 31.1 Å². The number of H-pyrrole nitrogens is 1. The number of nitrogens with one attached hydrogen (secondary N) is 2. The number of halogens is 4. The Morgan fingerprint density at radius 2 is 2.00 bits per heavy atom. The lowest BCUT2D eigenvalue weighted by Gasteiger charge is -2.20. The predicted molar refractivity (Wildman–Crippen MR) is 102 cm³/mol. The zero-order valence-corrected chi connectivity index (χ0v) is 16.2. The van der Waals surface area contributed by atoms with Gasteiger partial charge in [-0.2, -0.15) is 0 Å². The molecule has 0 spiro atoms. The van der Waals surface area contributed by atoms with Crippen LogP contribution in [-0.2, 0) is 0 Å². The van der Waals surface area contributed by atoms with Crippen molar-refractivity contribution >= 4 is 5.91 Å². The van der Waals surface area contributed by atoms with E-state index in [9.17, 15) is 27.2 Å². The highest BCUT2D eigenvalue weighted by Crippen LogP contribution is 2.28. The number of nitrogens with zero attached hydrogens (tertiary/aromatic N) is 2. The number of hydrogen-bond donors (Lipinski definition) is 2. The van der Waals surface area contributed by atoms with Crippen LogP contribution in [0.5, 0.6) is 11.6 Å². The van der Waals surface area contributed by atoms with Crippen LogP contribution in [0, 0.1) is 5.82 Å². The van der Waals surface area contributed by atoms with Gasteiger partial charge < -0.3 is 19.8 Å². The number of pyridine rings is 1. The van der Waals surface area contributed by atoms with Gasteiger partial charge in [-0.25, -0.2) is 9.37 Å². The number of hydrogen-bond acceptors (Lipinski definition) is 6. The number of carbonyl (C=O) groups excluding carboxylic acids is 1. The van der Waals surface area contributed by atoms with E-state index >= 15 is 0 Å². The van der Waals surface area contributed by atoms with Crippen molar-refractivity contribution in [3.63, 3.8) is 0 Å². The predicted octanol–water partition coefficient (Wildman–Crippen LogP) is 3.14. The van der Waals surface area contributed by atoms with Gasteiger partial charge in [-0.1, -0.05) is 6.07 Å². The molecule has 0 saturated heterocycles. The van der Waals surface area contributed by atoms with Crippen LogP contribution in [0.1, 0.15) is 28.4 Å². The summed E-state index contributed by atoms with van der Waals surface area (Å²) in [5.41, 5.74) is -0.0997. The normalized spacial score (nSPS) is 12.1. The minimum absolute atomic E-state index is 0.0255. The highest BCUT2D eigenvalue weighted by atomic mass is 19.4. The molecule has 1 aromatic carbocycles. The highest BCUT2D eigenvalue weighted by molar-refractivity contribution is 5.94. The molecule has 0 fully saturated rings. The number of benzene rings is 1. The molecule has 32 heavy (non-hydrogen) atoms. The van der Waals surface area contributed by atoms with E-state index in [2.05, 4.69) is 25.0 Å². The molecule has 168 valence electrons. The van der Waals surface area contributed by atoms with Crippen molar-refractivity contribution in [1.29, 1.82) is 0 Å². The topological polar surface area (TPSA) is 106 Å². The van der Waals surface area contributed by atoms with Gasteiger partial charge in [0.15, 0.2) is 11.6 Å². The second-order valence-electron chi connectivity index (χ2n) is 6.39. The molecule has 0 saturated carbocycles. The van der Waals surface area contributed by atoms with Gasteiger partial charge in [-0.05, 0) is 23.8 Å². The molecule has 2 N–H and O–H groups in total. The third-order valence-electron chi connectivity index (χ3n) is 4.13. The second-order valence-corrected chi connectivity index (χ2v) is 6.39. The first kappa shape index (κ1) is 22.7. The fourth-order valence-electron chi connectivity index (χ4n) is 2.70. The van der Waals surface area contributed by atoms with Gasteiger partial charge in [0.1, 0.15) is 0 Å². The minimum atomic E-state index is -5.05. The summed E-state index contributed by atoms with van der Waals surface area (Å²) >= 11 is 0. The number of amides is 1. The number of aromatic amines is 1. The molecule has 8 nitrogen and oxygen atoms in total. The summed E-state index contributed by atoms with van der Waals surface area (Å²) in [4.78, 5) is 33.9. The third kappa shape index (κ3) is 6.52. The second kappa shape index (κ2) is 9.90.